The van der Waals surface area contributed by atoms with E-state index >= 15 is 8.78 Å². The SMILES string of the molecule is COc1ccc(C(=O)C(F)(F)C2c3ccccc3CCN2c2ccccc2)cc1. The Labute approximate surface area is 168 Å². The summed E-state index contributed by atoms with van der Waals surface area (Å²) < 4.78 is 36.6. The Morgan fingerprint density at radius 2 is 1.62 bits per heavy atom. The molecule has 0 saturated heterocycles. The lowest BCUT2D eigenvalue weighted by molar-refractivity contribution is -0.0104. The maximum Gasteiger partial charge on any atom is 0.333 e. The predicted molar refractivity (Wildman–Crippen MR) is 109 cm³/mol. The average Bonchev–Trinajstić information content (AvgIpc) is 2.78. The van der Waals surface area contributed by atoms with E-state index in [0.29, 0.717) is 30.0 Å². The minimum Gasteiger partial charge on any atom is -0.497 e. The Bertz CT molecular complexity index is 1000. The van der Waals surface area contributed by atoms with Crippen LogP contribution in [0.2, 0.25) is 0 Å². The number of carbonyl (C=O) groups is 1. The molecule has 0 saturated carbocycles. The van der Waals surface area contributed by atoms with Gasteiger partial charge in [-0.25, -0.2) is 0 Å². The smallest absolute Gasteiger partial charge is 0.333 e. The van der Waals surface area contributed by atoms with Gasteiger partial charge < -0.3 is 9.64 Å². The molecule has 1 aliphatic rings. The van der Waals surface area contributed by atoms with Crippen molar-refractivity contribution in [1.29, 1.82) is 0 Å². The predicted octanol–water partition coefficient (Wildman–Crippen LogP) is 5.32. The van der Waals surface area contributed by atoms with Crippen molar-refractivity contribution in [2.45, 2.75) is 18.4 Å². The Morgan fingerprint density at radius 3 is 2.31 bits per heavy atom. The number of para-hydroxylation sites is 1. The van der Waals surface area contributed by atoms with Crippen LogP contribution in [0.4, 0.5) is 14.5 Å². The number of alkyl halides is 2. The second kappa shape index (κ2) is 7.66. The van der Waals surface area contributed by atoms with Gasteiger partial charge in [-0.15, -0.1) is 0 Å². The zero-order valence-electron chi connectivity index (χ0n) is 16.0. The summed E-state index contributed by atoms with van der Waals surface area (Å²) >= 11 is 0. The second-order valence-electron chi connectivity index (χ2n) is 7.06. The number of benzene rings is 3. The molecule has 1 heterocycles. The highest BCUT2D eigenvalue weighted by Crippen LogP contribution is 2.44. The van der Waals surface area contributed by atoms with E-state index in [1.54, 1.807) is 29.2 Å². The van der Waals surface area contributed by atoms with Crippen molar-refractivity contribution in [3.8, 4) is 5.75 Å². The van der Waals surface area contributed by atoms with Crippen LogP contribution in [0.25, 0.3) is 0 Å². The van der Waals surface area contributed by atoms with Crippen LogP contribution in [-0.4, -0.2) is 25.4 Å². The standard InChI is InChI=1S/C24H21F2NO2/c1-29-20-13-11-18(12-14-20)23(28)24(25,26)22-21-10-6-5-7-17(21)15-16-27(22)19-8-3-2-4-9-19/h2-14,22H,15-16H2,1H3. The fraction of sp³-hybridized carbons (Fsp3) is 0.208. The Kier molecular flexibility index (Phi) is 5.05. The molecule has 1 unspecified atom stereocenters. The molecule has 0 aromatic heterocycles. The lowest BCUT2D eigenvalue weighted by atomic mass is 9.85. The number of rotatable bonds is 5. The average molecular weight is 393 g/mol. The number of anilines is 1. The van der Waals surface area contributed by atoms with Gasteiger partial charge in [0.25, 0.3) is 0 Å². The van der Waals surface area contributed by atoms with Crippen LogP contribution in [-0.2, 0) is 6.42 Å². The van der Waals surface area contributed by atoms with Crippen molar-refractivity contribution >= 4 is 11.5 Å². The van der Waals surface area contributed by atoms with E-state index in [-0.39, 0.29) is 5.56 Å². The van der Waals surface area contributed by atoms with Gasteiger partial charge in [-0.05, 0) is 53.9 Å². The summed E-state index contributed by atoms with van der Waals surface area (Å²) in [4.78, 5) is 14.6. The van der Waals surface area contributed by atoms with E-state index in [1.165, 1.54) is 31.4 Å². The molecule has 29 heavy (non-hydrogen) atoms. The first-order valence-corrected chi connectivity index (χ1v) is 9.48. The topological polar surface area (TPSA) is 29.5 Å². The first kappa shape index (κ1) is 19.1. The Balaban J connectivity index is 1.79. The summed E-state index contributed by atoms with van der Waals surface area (Å²) in [6.07, 6.45) is 0.647. The van der Waals surface area contributed by atoms with E-state index < -0.39 is 17.7 Å². The summed E-state index contributed by atoms with van der Waals surface area (Å²) in [5.41, 5.74) is 1.99. The molecule has 1 atom stereocenters. The highest BCUT2D eigenvalue weighted by atomic mass is 19.3. The number of methoxy groups -OCH3 is 1. The monoisotopic (exact) mass is 393 g/mol. The number of Topliss-reactive ketones (excluding diaryl/α,β-unsaturated/α-hetero) is 1. The maximum atomic E-state index is 15.8. The molecule has 0 fully saturated rings. The van der Waals surface area contributed by atoms with Gasteiger partial charge in [-0.3, -0.25) is 4.79 Å². The molecule has 0 spiro atoms. The molecular formula is C24H21F2NO2. The molecule has 3 aromatic carbocycles. The van der Waals surface area contributed by atoms with Crippen molar-refractivity contribution in [2.24, 2.45) is 0 Å². The Morgan fingerprint density at radius 1 is 0.966 bits per heavy atom. The van der Waals surface area contributed by atoms with Crippen molar-refractivity contribution in [3.63, 3.8) is 0 Å². The number of fused-ring (bicyclic) bond motifs is 1. The molecule has 3 aromatic rings. The molecular weight excluding hydrogens is 372 g/mol. The molecule has 0 bridgehead atoms. The maximum absolute atomic E-state index is 15.8. The van der Waals surface area contributed by atoms with Crippen molar-refractivity contribution in [3.05, 3.63) is 95.6 Å². The van der Waals surface area contributed by atoms with Crippen LogP contribution in [0.5, 0.6) is 5.75 Å². The van der Waals surface area contributed by atoms with Crippen molar-refractivity contribution < 1.29 is 18.3 Å². The minimum absolute atomic E-state index is 0.0353. The fourth-order valence-corrected chi connectivity index (χ4v) is 3.91. The van der Waals surface area contributed by atoms with Gasteiger partial charge in [0, 0.05) is 17.8 Å². The van der Waals surface area contributed by atoms with E-state index in [9.17, 15) is 4.79 Å². The van der Waals surface area contributed by atoms with Gasteiger partial charge in [0.15, 0.2) is 0 Å². The number of hydrogen-bond donors (Lipinski definition) is 0. The second-order valence-corrected chi connectivity index (χ2v) is 7.06. The van der Waals surface area contributed by atoms with E-state index in [4.69, 9.17) is 4.74 Å². The van der Waals surface area contributed by atoms with Crippen LogP contribution in [0.1, 0.15) is 27.5 Å². The zero-order valence-corrected chi connectivity index (χ0v) is 16.0. The van der Waals surface area contributed by atoms with E-state index in [0.717, 1.165) is 5.56 Å². The Hall–Kier alpha value is -3.21. The van der Waals surface area contributed by atoms with Crippen LogP contribution in [0.15, 0.2) is 78.9 Å². The third kappa shape index (κ3) is 3.48. The highest BCUT2D eigenvalue weighted by Gasteiger charge is 2.52. The number of carbonyl (C=O) groups excluding carboxylic acids is 1. The van der Waals surface area contributed by atoms with Gasteiger partial charge in [0.2, 0.25) is 5.78 Å². The van der Waals surface area contributed by atoms with Crippen LogP contribution >= 0.6 is 0 Å². The summed E-state index contributed by atoms with van der Waals surface area (Å²) in [5.74, 6) is -4.29. The van der Waals surface area contributed by atoms with Gasteiger partial charge in [0.1, 0.15) is 11.8 Å². The third-order valence-corrected chi connectivity index (χ3v) is 5.37. The number of halogens is 2. The molecule has 148 valence electrons. The normalized spacial score (nSPS) is 16.2. The summed E-state index contributed by atoms with van der Waals surface area (Å²) in [5, 5.41) is 0. The third-order valence-electron chi connectivity index (χ3n) is 5.37. The van der Waals surface area contributed by atoms with E-state index in [1.807, 2.05) is 30.3 Å². The highest BCUT2D eigenvalue weighted by molar-refractivity contribution is 6.02. The zero-order chi connectivity index (χ0) is 20.4. The molecule has 0 radical (unpaired) electrons. The summed E-state index contributed by atoms with van der Waals surface area (Å²) in [7, 11) is 1.49. The quantitative estimate of drug-likeness (QED) is 0.550. The number of ketones is 1. The molecule has 0 N–H and O–H groups in total. The van der Waals surface area contributed by atoms with Gasteiger partial charge in [0.05, 0.1) is 7.11 Å². The summed E-state index contributed by atoms with van der Waals surface area (Å²) in [6, 6.07) is 20.7. The largest absolute Gasteiger partial charge is 0.497 e. The number of hydrogen-bond acceptors (Lipinski definition) is 3. The molecule has 4 rings (SSSR count). The van der Waals surface area contributed by atoms with Gasteiger partial charge in [-0.2, -0.15) is 8.78 Å². The number of nitrogens with zero attached hydrogens (tertiary/aromatic N) is 1. The van der Waals surface area contributed by atoms with Gasteiger partial charge in [-0.1, -0.05) is 42.5 Å². The van der Waals surface area contributed by atoms with Crippen molar-refractivity contribution in [2.75, 3.05) is 18.6 Å². The fourth-order valence-electron chi connectivity index (χ4n) is 3.91. The molecule has 1 aliphatic heterocycles. The molecule has 0 aliphatic carbocycles. The van der Waals surface area contributed by atoms with Crippen molar-refractivity contribution in [1.82, 2.24) is 0 Å². The lowest BCUT2D eigenvalue weighted by Gasteiger charge is -2.42. The van der Waals surface area contributed by atoms with Crippen LogP contribution in [0.3, 0.4) is 0 Å². The molecule has 0 amide bonds. The van der Waals surface area contributed by atoms with Gasteiger partial charge >= 0.3 is 5.92 Å². The number of ether oxygens (including phenoxy) is 1. The lowest BCUT2D eigenvalue weighted by Crippen LogP contribution is -2.49. The first-order valence-electron chi connectivity index (χ1n) is 9.48. The molecule has 3 nitrogen and oxygen atoms in total. The summed E-state index contributed by atoms with van der Waals surface area (Å²) in [6.45, 7) is 0.414. The molecule has 5 heteroatoms. The first-order chi connectivity index (χ1) is 14.0. The van der Waals surface area contributed by atoms with Crippen LogP contribution in [0, 0.1) is 0 Å². The minimum atomic E-state index is -3.61. The van der Waals surface area contributed by atoms with Crippen LogP contribution < -0.4 is 9.64 Å². The van der Waals surface area contributed by atoms with E-state index in [2.05, 4.69) is 0 Å².